The van der Waals surface area contributed by atoms with E-state index < -0.39 is 0 Å². The molecule has 2 rings (SSSR count). The molecule has 0 bridgehead atoms. The van der Waals surface area contributed by atoms with E-state index in [4.69, 9.17) is 0 Å². The van der Waals surface area contributed by atoms with Crippen LogP contribution in [0, 0.1) is 13.8 Å². The zero-order valence-corrected chi connectivity index (χ0v) is 14.4. The van der Waals surface area contributed by atoms with Gasteiger partial charge in [0.2, 0.25) is 0 Å². The second-order valence-corrected chi connectivity index (χ2v) is 5.99. The fraction of sp³-hybridized carbons (Fsp3) is 0.533. The summed E-state index contributed by atoms with van der Waals surface area (Å²) in [6.45, 7) is 8.03. The molecule has 21 heavy (non-hydrogen) atoms. The first-order valence-corrected chi connectivity index (χ1v) is 8.16. The molecule has 0 saturated carbocycles. The molecule has 1 N–H and O–H groups in total. The van der Waals surface area contributed by atoms with Gasteiger partial charge in [-0.15, -0.1) is 0 Å². The van der Waals surface area contributed by atoms with Crippen molar-refractivity contribution in [1.82, 2.24) is 19.7 Å². The van der Waals surface area contributed by atoms with E-state index in [0.717, 1.165) is 54.3 Å². The maximum Gasteiger partial charge on any atom is 0.132 e. The molecule has 114 valence electrons. The highest BCUT2D eigenvalue weighted by molar-refractivity contribution is 9.10. The number of hydrogen-bond acceptors (Lipinski definition) is 4. The molecule has 0 saturated heterocycles. The van der Waals surface area contributed by atoms with Gasteiger partial charge in [0.1, 0.15) is 16.2 Å². The van der Waals surface area contributed by atoms with Crippen LogP contribution in [-0.4, -0.2) is 26.3 Å². The fourth-order valence-corrected chi connectivity index (χ4v) is 2.66. The van der Waals surface area contributed by atoms with E-state index >= 15 is 0 Å². The van der Waals surface area contributed by atoms with Crippen LogP contribution in [0.25, 0.3) is 0 Å². The Morgan fingerprint density at radius 2 is 2.05 bits per heavy atom. The molecule has 0 atom stereocenters. The zero-order chi connectivity index (χ0) is 15.2. The van der Waals surface area contributed by atoms with Crippen LogP contribution in [0.1, 0.15) is 37.0 Å². The summed E-state index contributed by atoms with van der Waals surface area (Å²) in [6, 6.07) is 4.02. The Labute approximate surface area is 134 Å². The third kappa shape index (κ3) is 4.81. The maximum atomic E-state index is 4.51. The van der Waals surface area contributed by atoms with Crippen LogP contribution >= 0.6 is 15.9 Å². The molecule has 0 radical (unpaired) electrons. The maximum absolute atomic E-state index is 4.51. The Kier molecular flexibility index (Phi) is 5.73. The third-order valence-electron chi connectivity index (χ3n) is 3.17. The number of anilines is 1. The molecule has 0 aliphatic carbocycles. The average molecular weight is 352 g/mol. The SMILES string of the molecule is CCCc1nc(Br)cc(NCCCn2nc(C)cc2C)n1. The number of hydrogen-bond donors (Lipinski definition) is 1. The summed E-state index contributed by atoms with van der Waals surface area (Å²) < 4.78 is 2.89. The smallest absolute Gasteiger partial charge is 0.132 e. The number of halogens is 1. The zero-order valence-electron chi connectivity index (χ0n) is 12.9. The summed E-state index contributed by atoms with van der Waals surface area (Å²) in [5.74, 6) is 1.77. The first kappa shape index (κ1) is 15.9. The monoisotopic (exact) mass is 351 g/mol. The van der Waals surface area contributed by atoms with Crippen LogP contribution in [-0.2, 0) is 13.0 Å². The van der Waals surface area contributed by atoms with Crippen LogP contribution in [0.15, 0.2) is 16.7 Å². The number of nitrogens with zero attached hydrogens (tertiary/aromatic N) is 4. The lowest BCUT2D eigenvalue weighted by Gasteiger charge is -2.08. The predicted octanol–water partition coefficient (Wildman–Crippen LogP) is 3.51. The molecule has 2 aromatic rings. The summed E-state index contributed by atoms with van der Waals surface area (Å²) in [4.78, 5) is 8.88. The van der Waals surface area contributed by atoms with Crippen LogP contribution in [0.4, 0.5) is 5.82 Å². The second kappa shape index (κ2) is 7.54. The van der Waals surface area contributed by atoms with Gasteiger partial charge in [0.05, 0.1) is 5.69 Å². The summed E-state index contributed by atoms with van der Waals surface area (Å²) in [6.07, 6.45) is 2.96. The van der Waals surface area contributed by atoms with E-state index in [0.29, 0.717) is 0 Å². The van der Waals surface area contributed by atoms with E-state index in [-0.39, 0.29) is 0 Å². The van der Waals surface area contributed by atoms with Crippen LogP contribution < -0.4 is 5.32 Å². The number of nitrogens with one attached hydrogen (secondary N) is 1. The molecule has 0 aromatic carbocycles. The first-order chi connectivity index (χ1) is 10.1. The minimum absolute atomic E-state index is 0.835. The highest BCUT2D eigenvalue weighted by Crippen LogP contribution is 2.13. The minimum Gasteiger partial charge on any atom is -0.370 e. The fourth-order valence-electron chi connectivity index (χ4n) is 2.24. The molecule has 5 nitrogen and oxygen atoms in total. The van der Waals surface area contributed by atoms with E-state index in [1.807, 2.05) is 13.0 Å². The predicted molar refractivity (Wildman–Crippen MR) is 88.5 cm³/mol. The first-order valence-electron chi connectivity index (χ1n) is 7.37. The van der Waals surface area contributed by atoms with Crippen molar-refractivity contribution in [3.8, 4) is 0 Å². The van der Waals surface area contributed by atoms with Gasteiger partial charge >= 0.3 is 0 Å². The summed E-state index contributed by atoms with van der Waals surface area (Å²) in [5, 5.41) is 7.82. The molecule has 6 heteroatoms. The quantitative estimate of drug-likeness (QED) is 0.612. The standard InChI is InChI=1S/C15H22BrN5/c1-4-6-14-18-13(16)10-15(19-14)17-7-5-8-21-12(3)9-11(2)20-21/h9-10H,4-8H2,1-3H3,(H,17,18,19). The van der Waals surface area contributed by atoms with Crippen LogP contribution in [0.3, 0.4) is 0 Å². The van der Waals surface area contributed by atoms with E-state index in [1.165, 1.54) is 5.69 Å². The topological polar surface area (TPSA) is 55.6 Å². The lowest BCUT2D eigenvalue weighted by molar-refractivity contribution is 0.573. The van der Waals surface area contributed by atoms with Crippen LogP contribution in [0.5, 0.6) is 0 Å². The molecular weight excluding hydrogens is 330 g/mol. The van der Waals surface area contributed by atoms with Gasteiger partial charge in [-0.25, -0.2) is 9.97 Å². The third-order valence-corrected chi connectivity index (χ3v) is 3.58. The molecule has 0 spiro atoms. The summed E-state index contributed by atoms with van der Waals surface area (Å²) in [5.41, 5.74) is 2.28. The Bertz CT molecular complexity index is 594. The number of aromatic nitrogens is 4. The highest BCUT2D eigenvalue weighted by Gasteiger charge is 2.03. The Morgan fingerprint density at radius 1 is 1.24 bits per heavy atom. The van der Waals surface area contributed by atoms with Gasteiger partial charge in [-0.2, -0.15) is 5.10 Å². The van der Waals surface area contributed by atoms with Gasteiger partial charge < -0.3 is 5.32 Å². The molecule has 2 heterocycles. The summed E-state index contributed by atoms with van der Waals surface area (Å²) >= 11 is 3.44. The largest absolute Gasteiger partial charge is 0.370 e. The second-order valence-electron chi connectivity index (χ2n) is 5.17. The Hall–Kier alpha value is -1.43. The molecule has 0 aliphatic rings. The average Bonchev–Trinajstić information content (AvgIpc) is 2.73. The lowest BCUT2D eigenvalue weighted by Crippen LogP contribution is -2.10. The Morgan fingerprint density at radius 3 is 2.71 bits per heavy atom. The van der Waals surface area contributed by atoms with Crippen LogP contribution in [0.2, 0.25) is 0 Å². The van der Waals surface area contributed by atoms with Crippen molar-refractivity contribution in [2.24, 2.45) is 0 Å². The van der Waals surface area contributed by atoms with Gasteiger partial charge in [-0.1, -0.05) is 6.92 Å². The molecule has 0 aliphatic heterocycles. The number of rotatable bonds is 7. The molecule has 2 aromatic heterocycles. The summed E-state index contributed by atoms with van der Waals surface area (Å²) in [7, 11) is 0. The minimum atomic E-state index is 0.835. The van der Waals surface area contributed by atoms with Crippen molar-refractivity contribution in [2.45, 2.75) is 46.6 Å². The molecular formula is C15H22BrN5. The van der Waals surface area contributed by atoms with Gasteiger partial charge in [0.25, 0.3) is 0 Å². The Balaban J connectivity index is 1.84. The van der Waals surface area contributed by atoms with Crippen molar-refractivity contribution < 1.29 is 0 Å². The van der Waals surface area contributed by atoms with Gasteiger partial charge in [0.15, 0.2) is 0 Å². The molecule has 0 unspecified atom stereocenters. The van der Waals surface area contributed by atoms with E-state index in [9.17, 15) is 0 Å². The lowest BCUT2D eigenvalue weighted by atomic mass is 10.3. The molecule has 0 fully saturated rings. The van der Waals surface area contributed by atoms with Gasteiger partial charge in [-0.3, -0.25) is 4.68 Å². The van der Waals surface area contributed by atoms with E-state index in [2.05, 4.69) is 60.9 Å². The van der Waals surface area contributed by atoms with Crippen molar-refractivity contribution in [3.63, 3.8) is 0 Å². The number of aryl methyl sites for hydroxylation is 4. The van der Waals surface area contributed by atoms with Crippen molar-refractivity contribution in [1.29, 1.82) is 0 Å². The van der Waals surface area contributed by atoms with E-state index in [1.54, 1.807) is 0 Å². The normalized spacial score (nSPS) is 10.9. The van der Waals surface area contributed by atoms with Gasteiger partial charge in [0, 0.05) is 31.3 Å². The molecule has 0 amide bonds. The van der Waals surface area contributed by atoms with Gasteiger partial charge in [-0.05, 0) is 48.7 Å². The highest BCUT2D eigenvalue weighted by atomic mass is 79.9. The van der Waals surface area contributed by atoms with Crippen molar-refractivity contribution >= 4 is 21.7 Å². The van der Waals surface area contributed by atoms with Crippen molar-refractivity contribution in [2.75, 3.05) is 11.9 Å². The van der Waals surface area contributed by atoms with Crippen molar-refractivity contribution in [3.05, 3.63) is 33.9 Å².